The number of hydrogen-bond acceptors (Lipinski definition) is 3. The third-order valence-corrected chi connectivity index (χ3v) is 5.76. The number of nitrogens with one attached hydrogen (secondary N) is 1. The normalized spacial score (nSPS) is 21.7. The highest BCUT2D eigenvalue weighted by Crippen LogP contribution is 2.31. The molecule has 1 atom stereocenters. The van der Waals surface area contributed by atoms with Gasteiger partial charge in [-0.3, -0.25) is 14.5 Å². The zero-order chi connectivity index (χ0) is 20.3. The zero-order valence-corrected chi connectivity index (χ0v) is 16.0. The second-order valence-electron chi connectivity index (χ2n) is 7.66. The summed E-state index contributed by atoms with van der Waals surface area (Å²) in [7, 11) is 1.97. The molecule has 5 nitrogen and oxygen atoms in total. The average molecular weight is 397 g/mol. The van der Waals surface area contributed by atoms with Gasteiger partial charge in [-0.1, -0.05) is 12.1 Å². The van der Waals surface area contributed by atoms with E-state index in [0.717, 1.165) is 38.3 Å². The highest BCUT2D eigenvalue weighted by atomic mass is 19.4. The van der Waals surface area contributed by atoms with E-state index < -0.39 is 17.6 Å². The molecule has 1 N–H and O–H groups in total. The van der Waals surface area contributed by atoms with Crippen LogP contribution in [0.5, 0.6) is 0 Å². The average Bonchev–Trinajstić information content (AvgIpc) is 3.11. The van der Waals surface area contributed by atoms with E-state index in [2.05, 4.69) is 10.2 Å². The lowest BCUT2D eigenvalue weighted by Crippen LogP contribution is -2.48. The number of rotatable bonds is 4. The van der Waals surface area contributed by atoms with Gasteiger partial charge >= 0.3 is 6.18 Å². The van der Waals surface area contributed by atoms with Crippen LogP contribution in [0.25, 0.3) is 0 Å². The van der Waals surface area contributed by atoms with Crippen LogP contribution >= 0.6 is 0 Å². The zero-order valence-electron chi connectivity index (χ0n) is 16.0. The smallest absolute Gasteiger partial charge is 0.352 e. The first-order valence-electron chi connectivity index (χ1n) is 9.71. The van der Waals surface area contributed by atoms with Crippen molar-refractivity contribution in [2.24, 2.45) is 5.92 Å². The molecule has 154 valence electrons. The summed E-state index contributed by atoms with van der Waals surface area (Å²) in [5, 5.41) is 2.64. The van der Waals surface area contributed by atoms with Gasteiger partial charge < -0.3 is 10.2 Å². The van der Waals surface area contributed by atoms with E-state index in [0.29, 0.717) is 19.6 Å². The Morgan fingerprint density at radius 1 is 1.11 bits per heavy atom. The summed E-state index contributed by atoms with van der Waals surface area (Å²) in [5.41, 5.74) is -1.28. The molecular formula is C20H26F3N3O2. The number of likely N-dealkylation sites (tertiary alicyclic amines) is 2. The molecule has 2 saturated heterocycles. The van der Waals surface area contributed by atoms with Gasteiger partial charge in [0.2, 0.25) is 5.91 Å². The van der Waals surface area contributed by atoms with E-state index in [1.165, 1.54) is 18.2 Å². The van der Waals surface area contributed by atoms with Crippen molar-refractivity contribution in [3.05, 3.63) is 35.4 Å². The molecule has 1 aromatic carbocycles. The molecule has 1 aromatic rings. The molecule has 28 heavy (non-hydrogen) atoms. The Hall–Kier alpha value is -2.09. The first-order valence-corrected chi connectivity index (χ1v) is 9.71. The van der Waals surface area contributed by atoms with Crippen LogP contribution in [0.15, 0.2) is 24.3 Å². The number of benzene rings is 1. The molecule has 2 aliphatic heterocycles. The fourth-order valence-corrected chi connectivity index (χ4v) is 4.05. The Balaban J connectivity index is 1.50. The Morgan fingerprint density at radius 2 is 1.79 bits per heavy atom. The van der Waals surface area contributed by atoms with Crippen molar-refractivity contribution in [3.63, 3.8) is 0 Å². The monoisotopic (exact) mass is 397 g/mol. The van der Waals surface area contributed by atoms with Crippen molar-refractivity contribution in [3.8, 4) is 0 Å². The number of alkyl halides is 3. The Kier molecular flexibility index (Phi) is 6.27. The van der Waals surface area contributed by atoms with Crippen LogP contribution < -0.4 is 5.32 Å². The Labute approximate surface area is 162 Å². The maximum atomic E-state index is 13.1. The molecule has 2 heterocycles. The molecule has 2 fully saturated rings. The first kappa shape index (κ1) is 20.6. The molecule has 0 spiro atoms. The van der Waals surface area contributed by atoms with Crippen molar-refractivity contribution in [1.29, 1.82) is 0 Å². The summed E-state index contributed by atoms with van der Waals surface area (Å²) >= 11 is 0. The number of likely N-dealkylation sites (N-methyl/N-ethyl adjacent to an activating group) is 1. The van der Waals surface area contributed by atoms with Crippen LogP contribution in [0.1, 0.15) is 41.6 Å². The molecule has 0 unspecified atom stereocenters. The van der Waals surface area contributed by atoms with E-state index in [1.54, 1.807) is 0 Å². The second-order valence-corrected chi connectivity index (χ2v) is 7.66. The summed E-state index contributed by atoms with van der Waals surface area (Å²) in [6, 6.07) is 4.77. The number of carbonyl (C=O) groups is 2. The highest BCUT2D eigenvalue weighted by Gasteiger charge is 2.35. The van der Waals surface area contributed by atoms with Gasteiger partial charge in [-0.25, -0.2) is 0 Å². The van der Waals surface area contributed by atoms with Gasteiger partial charge in [0.05, 0.1) is 17.2 Å². The number of piperidine rings is 1. The number of halogens is 3. The molecule has 0 aliphatic carbocycles. The minimum Gasteiger partial charge on any atom is -0.352 e. The van der Waals surface area contributed by atoms with Gasteiger partial charge in [-0.2, -0.15) is 13.2 Å². The summed E-state index contributed by atoms with van der Waals surface area (Å²) in [4.78, 5) is 28.8. The fraction of sp³-hybridized carbons (Fsp3) is 0.600. The quantitative estimate of drug-likeness (QED) is 0.850. The molecule has 3 rings (SSSR count). The number of hydrogen-bond donors (Lipinski definition) is 1. The van der Waals surface area contributed by atoms with E-state index in [9.17, 15) is 22.8 Å². The lowest BCUT2D eigenvalue weighted by molar-refractivity contribution is -0.138. The fourth-order valence-electron chi connectivity index (χ4n) is 4.05. The second kappa shape index (κ2) is 8.51. The van der Waals surface area contributed by atoms with Crippen LogP contribution in [-0.2, 0) is 11.0 Å². The summed E-state index contributed by atoms with van der Waals surface area (Å²) in [6.45, 7) is 2.51. The summed E-state index contributed by atoms with van der Waals surface area (Å²) < 4.78 is 39.2. The van der Waals surface area contributed by atoms with E-state index in [-0.39, 0.29) is 23.4 Å². The summed E-state index contributed by atoms with van der Waals surface area (Å²) in [5.74, 6) is -0.382. The van der Waals surface area contributed by atoms with Crippen molar-refractivity contribution < 1.29 is 22.8 Å². The standard InChI is InChI=1S/C20H26F3N3O2/c1-25-10-4-7-17(25)19(28)26-11-8-14(9-12-26)13-24-18(27)15-5-2-3-6-16(15)20(21,22)23/h2-3,5-6,14,17H,4,7-13H2,1H3,(H,24,27)/t17-/m0/s1. The van der Waals surface area contributed by atoms with E-state index in [1.807, 2.05) is 11.9 Å². The van der Waals surface area contributed by atoms with Gasteiger partial charge in [0.1, 0.15) is 0 Å². The number of amides is 2. The maximum Gasteiger partial charge on any atom is 0.417 e. The highest BCUT2D eigenvalue weighted by molar-refractivity contribution is 5.95. The first-order chi connectivity index (χ1) is 13.3. The third-order valence-electron chi connectivity index (χ3n) is 5.76. The minimum atomic E-state index is -4.56. The number of carbonyl (C=O) groups excluding carboxylic acids is 2. The largest absolute Gasteiger partial charge is 0.417 e. The predicted molar refractivity (Wildman–Crippen MR) is 98.7 cm³/mol. The van der Waals surface area contributed by atoms with Crippen LogP contribution in [0.2, 0.25) is 0 Å². The van der Waals surface area contributed by atoms with E-state index in [4.69, 9.17) is 0 Å². The minimum absolute atomic E-state index is 0.0323. The Morgan fingerprint density at radius 3 is 2.39 bits per heavy atom. The lowest BCUT2D eigenvalue weighted by Gasteiger charge is -2.35. The molecular weight excluding hydrogens is 371 g/mol. The maximum absolute atomic E-state index is 13.1. The van der Waals surface area contributed by atoms with Gasteiger partial charge in [-0.15, -0.1) is 0 Å². The topological polar surface area (TPSA) is 52.7 Å². The van der Waals surface area contributed by atoms with Crippen molar-refractivity contribution in [2.45, 2.75) is 37.9 Å². The third kappa shape index (κ3) is 4.66. The van der Waals surface area contributed by atoms with Crippen molar-refractivity contribution in [1.82, 2.24) is 15.1 Å². The van der Waals surface area contributed by atoms with Crippen LogP contribution in [0, 0.1) is 5.92 Å². The van der Waals surface area contributed by atoms with Crippen LogP contribution in [0.4, 0.5) is 13.2 Å². The van der Waals surface area contributed by atoms with Crippen LogP contribution in [-0.4, -0.2) is 60.9 Å². The summed E-state index contributed by atoms with van der Waals surface area (Å²) in [6.07, 6.45) is -1.15. The molecule has 0 saturated carbocycles. The van der Waals surface area contributed by atoms with Crippen LogP contribution in [0.3, 0.4) is 0 Å². The van der Waals surface area contributed by atoms with Gasteiger partial charge in [0, 0.05) is 19.6 Å². The SMILES string of the molecule is CN1CCC[C@H]1C(=O)N1CCC(CNC(=O)c2ccccc2C(F)(F)F)CC1. The van der Waals surface area contributed by atoms with Crippen molar-refractivity contribution >= 4 is 11.8 Å². The van der Waals surface area contributed by atoms with E-state index >= 15 is 0 Å². The van der Waals surface area contributed by atoms with Gasteiger partial charge in [0.25, 0.3) is 5.91 Å². The van der Waals surface area contributed by atoms with Crippen molar-refractivity contribution in [2.75, 3.05) is 33.2 Å². The Bertz CT molecular complexity index is 715. The molecule has 8 heteroatoms. The van der Waals surface area contributed by atoms with Gasteiger partial charge in [0.15, 0.2) is 0 Å². The molecule has 0 bridgehead atoms. The molecule has 2 aliphatic rings. The molecule has 0 radical (unpaired) electrons. The molecule has 2 amide bonds. The molecule has 0 aromatic heterocycles. The lowest BCUT2D eigenvalue weighted by atomic mass is 9.95. The van der Waals surface area contributed by atoms with Gasteiger partial charge in [-0.05, 0) is 57.3 Å². The predicted octanol–water partition coefficient (Wildman–Crippen LogP) is 2.77. The number of nitrogens with zero attached hydrogens (tertiary/aromatic N) is 2.